The molecule has 0 aliphatic carbocycles. The molecule has 1 N–H and O–H groups in total. The fourth-order valence-electron chi connectivity index (χ4n) is 1.32. The molecule has 1 aromatic heterocycles. The molecule has 1 saturated heterocycles. The van der Waals surface area contributed by atoms with Crippen molar-refractivity contribution in [3.63, 3.8) is 0 Å². The number of nitrogens with zero attached hydrogens (tertiary/aromatic N) is 2. The molecular weight excluding hydrogens is 248 g/mol. The number of halogens is 1. The Morgan fingerprint density at radius 2 is 2.50 bits per heavy atom. The first-order chi connectivity index (χ1) is 6.74. The van der Waals surface area contributed by atoms with Crippen molar-refractivity contribution >= 4 is 15.9 Å². The zero-order valence-corrected chi connectivity index (χ0v) is 9.14. The summed E-state index contributed by atoms with van der Waals surface area (Å²) in [5, 5.41) is 11.0. The van der Waals surface area contributed by atoms with Gasteiger partial charge in [0.15, 0.2) is 0 Å². The second-order valence-electron chi connectivity index (χ2n) is 3.24. The lowest BCUT2D eigenvalue weighted by atomic mass is 10.3. The van der Waals surface area contributed by atoms with Crippen LogP contribution in [0.1, 0.15) is 5.69 Å². The summed E-state index contributed by atoms with van der Waals surface area (Å²) in [5.41, 5.74) is 0.933. The van der Waals surface area contributed by atoms with Crippen molar-refractivity contribution < 1.29 is 9.94 Å². The normalized spacial score (nSPS) is 22.9. The first kappa shape index (κ1) is 10.0. The van der Waals surface area contributed by atoms with Gasteiger partial charge in [0.1, 0.15) is 0 Å². The molecule has 14 heavy (non-hydrogen) atoms. The van der Waals surface area contributed by atoms with Crippen molar-refractivity contribution in [1.29, 1.82) is 0 Å². The predicted molar refractivity (Wildman–Crippen MR) is 54.3 cm³/mol. The van der Waals surface area contributed by atoms with Crippen LogP contribution < -0.4 is 0 Å². The van der Waals surface area contributed by atoms with Crippen LogP contribution in [0.25, 0.3) is 0 Å². The monoisotopic (exact) mass is 258 g/mol. The van der Waals surface area contributed by atoms with Crippen LogP contribution in [-0.2, 0) is 11.4 Å². The van der Waals surface area contributed by atoms with Gasteiger partial charge in [0.2, 0.25) is 0 Å². The van der Waals surface area contributed by atoms with E-state index in [1.54, 1.807) is 11.3 Å². The second-order valence-corrected chi connectivity index (χ2v) is 4.16. The van der Waals surface area contributed by atoms with Crippen LogP contribution in [0, 0.1) is 0 Å². The van der Waals surface area contributed by atoms with Gasteiger partial charge in [-0.2, -0.15) is 5.06 Å². The highest BCUT2D eigenvalue weighted by Gasteiger charge is 2.21. The van der Waals surface area contributed by atoms with Gasteiger partial charge in [-0.25, -0.2) is 0 Å². The molecule has 0 amide bonds. The number of rotatable bonds is 2. The minimum Gasteiger partial charge on any atom is -0.389 e. The van der Waals surface area contributed by atoms with Gasteiger partial charge < -0.3 is 5.11 Å². The van der Waals surface area contributed by atoms with Crippen LogP contribution in [0.15, 0.2) is 22.8 Å². The van der Waals surface area contributed by atoms with Crippen molar-refractivity contribution in [2.24, 2.45) is 0 Å². The zero-order valence-electron chi connectivity index (χ0n) is 7.56. The fourth-order valence-corrected chi connectivity index (χ4v) is 1.56. The summed E-state index contributed by atoms with van der Waals surface area (Å²) in [7, 11) is 0. The molecule has 4 nitrogen and oxygen atoms in total. The topological polar surface area (TPSA) is 45.6 Å². The fraction of sp³-hybridized carbons (Fsp3) is 0.444. The Morgan fingerprint density at radius 1 is 1.64 bits per heavy atom. The maximum absolute atomic E-state index is 9.23. The smallest absolute Gasteiger partial charge is 0.0958 e. The number of hydroxylamine groups is 2. The number of β-amino-alcohol motifs (C(OH)–C–C–N with tert-alkyl or cyclic N) is 1. The summed E-state index contributed by atoms with van der Waals surface area (Å²) in [5.74, 6) is 0. The van der Waals surface area contributed by atoms with Gasteiger partial charge in [-0.3, -0.25) is 9.82 Å². The quantitative estimate of drug-likeness (QED) is 0.859. The third-order valence-corrected chi connectivity index (χ3v) is 2.46. The predicted octanol–water partition coefficient (Wildman–Crippen LogP) is 0.952. The highest BCUT2D eigenvalue weighted by molar-refractivity contribution is 9.10. The van der Waals surface area contributed by atoms with Gasteiger partial charge in [-0.05, 0) is 28.1 Å². The highest BCUT2D eigenvalue weighted by Crippen LogP contribution is 2.12. The Morgan fingerprint density at radius 3 is 3.07 bits per heavy atom. The lowest BCUT2D eigenvalue weighted by Gasteiger charge is -2.12. The molecule has 0 bridgehead atoms. The van der Waals surface area contributed by atoms with Crippen LogP contribution >= 0.6 is 15.9 Å². The largest absolute Gasteiger partial charge is 0.389 e. The SMILES string of the molecule is O[C@H]1CON(Cc2ccc(Br)cn2)C1. The summed E-state index contributed by atoms with van der Waals surface area (Å²) in [6, 6.07) is 3.87. The molecule has 5 heteroatoms. The Hall–Kier alpha value is -0.490. The molecule has 2 rings (SSSR count). The third kappa shape index (κ3) is 2.51. The van der Waals surface area contributed by atoms with E-state index >= 15 is 0 Å². The van der Waals surface area contributed by atoms with Crippen LogP contribution in [0.4, 0.5) is 0 Å². The number of hydrogen-bond acceptors (Lipinski definition) is 4. The van der Waals surface area contributed by atoms with Crippen LogP contribution in [0.2, 0.25) is 0 Å². The standard InChI is InChI=1S/C9H11BrN2O2/c10-7-1-2-8(11-3-7)4-12-5-9(13)6-14-12/h1-3,9,13H,4-6H2/t9-/m1/s1. The molecule has 1 aliphatic heterocycles. The molecule has 76 valence electrons. The first-order valence-electron chi connectivity index (χ1n) is 4.40. The molecule has 1 atom stereocenters. The van der Waals surface area contributed by atoms with Crippen molar-refractivity contribution in [2.45, 2.75) is 12.6 Å². The summed E-state index contributed by atoms with van der Waals surface area (Å²) in [4.78, 5) is 9.45. The van der Waals surface area contributed by atoms with E-state index in [1.165, 1.54) is 0 Å². The van der Waals surface area contributed by atoms with Crippen LogP contribution in [0.3, 0.4) is 0 Å². The van der Waals surface area contributed by atoms with Crippen molar-refractivity contribution in [1.82, 2.24) is 10.0 Å². The van der Waals surface area contributed by atoms with Gasteiger partial charge in [0, 0.05) is 10.7 Å². The van der Waals surface area contributed by atoms with Gasteiger partial charge >= 0.3 is 0 Å². The van der Waals surface area contributed by atoms with Crippen molar-refractivity contribution in [2.75, 3.05) is 13.2 Å². The van der Waals surface area contributed by atoms with E-state index in [4.69, 9.17) is 4.84 Å². The van der Waals surface area contributed by atoms with E-state index in [1.807, 2.05) is 12.1 Å². The molecule has 0 spiro atoms. The van der Waals surface area contributed by atoms with E-state index in [-0.39, 0.29) is 6.10 Å². The average molecular weight is 259 g/mol. The molecular formula is C9H11BrN2O2. The minimum atomic E-state index is -0.370. The maximum atomic E-state index is 9.23. The van der Waals surface area contributed by atoms with Gasteiger partial charge in [-0.15, -0.1) is 0 Å². The summed E-state index contributed by atoms with van der Waals surface area (Å²) in [6.45, 7) is 1.55. The van der Waals surface area contributed by atoms with E-state index < -0.39 is 0 Å². The first-order valence-corrected chi connectivity index (χ1v) is 5.20. The molecule has 0 unspecified atom stereocenters. The molecule has 0 aromatic carbocycles. The number of pyridine rings is 1. The zero-order chi connectivity index (χ0) is 9.97. The van der Waals surface area contributed by atoms with Gasteiger partial charge in [-0.1, -0.05) is 0 Å². The van der Waals surface area contributed by atoms with E-state index in [9.17, 15) is 5.11 Å². The van der Waals surface area contributed by atoms with Crippen LogP contribution in [0.5, 0.6) is 0 Å². The lowest BCUT2D eigenvalue weighted by molar-refractivity contribution is -0.118. The molecule has 1 aromatic rings. The summed E-state index contributed by atoms with van der Waals surface area (Å²) >= 11 is 3.32. The Labute approximate surface area is 90.6 Å². The number of aromatic nitrogens is 1. The molecule has 2 heterocycles. The van der Waals surface area contributed by atoms with Gasteiger partial charge in [0.05, 0.1) is 31.5 Å². The van der Waals surface area contributed by atoms with E-state index in [0.29, 0.717) is 19.7 Å². The Kier molecular flexibility index (Phi) is 3.12. The highest BCUT2D eigenvalue weighted by atomic mass is 79.9. The number of hydrogen-bond donors (Lipinski definition) is 1. The van der Waals surface area contributed by atoms with E-state index in [0.717, 1.165) is 10.2 Å². The second kappa shape index (κ2) is 4.35. The number of aliphatic hydroxyl groups excluding tert-OH is 1. The molecule has 0 radical (unpaired) electrons. The summed E-state index contributed by atoms with van der Waals surface area (Å²) < 4.78 is 0.962. The average Bonchev–Trinajstić information content (AvgIpc) is 2.56. The summed E-state index contributed by atoms with van der Waals surface area (Å²) in [6.07, 6.45) is 1.38. The molecule has 0 saturated carbocycles. The Bertz CT molecular complexity index is 304. The molecule has 1 fully saturated rings. The van der Waals surface area contributed by atoms with Gasteiger partial charge in [0.25, 0.3) is 0 Å². The van der Waals surface area contributed by atoms with Crippen LogP contribution in [-0.4, -0.2) is 34.4 Å². The van der Waals surface area contributed by atoms with Crippen molar-refractivity contribution in [3.05, 3.63) is 28.5 Å². The van der Waals surface area contributed by atoms with Crippen molar-refractivity contribution in [3.8, 4) is 0 Å². The molecule has 1 aliphatic rings. The lowest BCUT2D eigenvalue weighted by Crippen LogP contribution is -2.20. The minimum absolute atomic E-state index is 0.370. The Balaban J connectivity index is 1.94. The number of aliphatic hydroxyl groups is 1. The third-order valence-electron chi connectivity index (χ3n) is 1.99. The van der Waals surface area contributed by atoms with E-state index in [2.05, 4.69) is 20.9 Å². The maximum Gasteiger partial charge on any atom is 0.0958 e.